The first-order valence-electron chi connectivity index (χ1n) is 8.45. The molecule has 156 valence electrons. The highest BCUT2D eigenvalue weighted by Gasteiger charge is 2.38. The lowest BCUT2D eigenvalue weighted by Crippen LogP contribution is -2.33. The van der Waals surface area contributed by atoms with Crippen LogP contribution in [0.3, 0.4) is 0 Å². The maximum absolute atomic E-state index is 10.6. The van der Waals surface area contributed by atoms with Gasteiger partial charge in [0.2, 0.25) is 0 Å². The Labute approximate surface area is 162 Å². The van der Waals surface area contributed by atoms with Crippen LogP contribution >= 0.6 is 0 Å². The van der Waals surface area contributed by atoms with E-state index in [0.29, 0.717) is 5.78 Å². The predicted molar refractivity (Wildman–Crippen MR) is 93.3 cm³/mol. The first kappa shape index (κ1) is 20.5. The standard InChI is InChI=1S/C14H17N7O.C2HF3O2/c1-10-5-13(21-14(18-10)15-9-17-21)19-6-11-3-4-16-20(11)8-12(7-19)22-2;3-2(4,5)1(6)7/h3-5,9,12H,6-8H2,1-2H3;(H,6,7). The molecule has 0 fully saturated rings. The van der Waals surface area contributed by atoms with Gasteiger partial charge < -0.3 is 14.7 Å². The van der Waals surface area contributed by atoms with Crippen molar-refractivity contribution in [1.82, 2.24) is 29.4 Å². The predicted octanol–water partition coefficient (Wildman–Crippen LogP) is 1.30. The van der Waals surface area contributed by atoms with E-state index >= 15 is 0 Å². The number of methoxy groups -OCH3 is 1. The number of rotatable bonds is 2. The molecule has 0 bridgehead atoms. The number of ether oxygens (including phenoxy) is 1. The molecule has 3 aromatic heterocycles. The number of aryl methyl sites for hydroxylation is 1. The lowest BCUT2D eigenvalue weighted by Gasteiger charge is -2.25. The molecule has 29 heavy (non-hydrogen) atoms. The zero-order valence-corrected chi connectivity index (χ0v) is 15.5. The molecule has 10 nitrogen and oxygen atoms in total. The van der Waals surface area contributed by atoms with Gasteiger partial charge in [-0.25, -0.2) is 9.78 Å². The van der Waals surface area contributed by atoms with Crippen LogP contribution in [0.4, 0.5) is 19.0 Å². The first-order valence-corrected chi connectivity index (χ1v) is 8.45. The number of carbonyl (C=O) groups is 1. The number of carboxylic acids is 1. The summed E-state index contributed by atoms with van der Waals surface area (Å²) in [5.41, 5.74) is 2.07. The van der Waals surface area contributed by atoms with Crippen LogP contribution in [-0.4, -0.2) is 66.4 Å². The van der Waals surface area contributed by atoms with Crippen molar-refractivity contribution in [3.63, 3.8) is 0 Å². The van der Waals surface area contributed by atoms with Crippen LogP contribution in [0.15, 0.2) is 24.7 Å². The number of aromatic nitrogens is 6. The van der Waals surface area contributed by atoms with Crippen molar-refractivity contribution >= 4 is 17.6 Å². The Morgan fingerprint density at radius 1 is 1.31 bits per heavy atom. The van der Waals surface area contributed by atoms with E-state index in [1.807, 2.05) is 29.9 Å². The molecule has 1 N–H and O–H groups in total. The molecule has 1 unspecified atom stereocenters. The summed E-state index contributed by atoms with van der Waals surface area (Å²) < 4.78 is 41.1. The minimum absolute atomic E-state index is 0.0631. The van der Waals surface area contributed by atoms with E-state index < -0.39 is 12.1 Å². The van der Waals surface area contributed by atoms with Crippen molar-refractivity contribution in [2.24, 2.45) is 0 Å². The Bertz CT molecular complexity index is 1000. The number of hydrogen-bond donors (Lipinski definition) is 1. The molecule has 0 saturated carbocycles. The van der Waals surface area contributed by atoms with Crippen LogP contribution in [0, 0.1) is 6.92 Å². The number of hydrogen-bond acceptors (Lipinski definition) is 7. The Kier molecular flexibility index (Phi) is 5.68. The minimum atomic E-state index is -5.08. The molecule has 4 heterocycles. The second kappa shape index (κ2) is 8.03. The lowest BCUT2D eigenvalue weighted by atomic mass is 10.3. The average molecular weight is 413 g/mol. The summed E-state index contributed by atoms with van der Waals surface area (Å²) in [5, 5.41) is 15.8. The highest BCUT2D eigenvalue weighted by Crippen LogP contribution is 2.22. The highest BCUT2D eigenvalue weighted by atomic mass is 19.4. The zero-order chi connectivity index (χ0) is 21.2. The molecule has 0 radical (unpaired) electrons. The third-order valence-corrected chi connectivity index (χ3v) is 4.22. The number of anilines is 1. The van der Waals surface area contributed by atoms with Crippen molar-refractivity contribution in [3.8, 4) is 0 Å². The fourth-order valence-corrected chi connectivity index (χ4v) is 2.88. The molecule has 1 atom stereocenters. The van der Waals surface area contributed by atoms with E-state index in [-0.39, 0.29) is 6.10 Å². The molecule has 0 aliphatic carbocycles. The van der Waals surface area contributed by atoms with Gasteiger partial charge in [-0.2, -0.15) is 32.9 Å². The monoisotopic (exact) mass is 413 g/mol. The molecule has 0 spiro atoms. The second-order valence-electron chi connectivity index (χ2n) is 6.27. The normalized spacial score (nSPS) is 16.7. The smallest absolute Gasteiger partial charge is 0.475 e. The van der Waals surface area contributed by atoms with E-state index in [0.717, 1.165) is 36.8 Å². The fourth-order valence-electron chi connectivity index (χ4n) is 2.88. The quantitative estimate of drug-likeness (QED) is 0.669. The summed E-state index contributed by atoms with van der Waals surface area (Å²) >= 11 is 0. The number of aliphatic carboxylic acids is 1. The molecule has 3 aromatic rings. The van der Waals surface area contributed by atoms with Crippen LogP contribution in [0.25, 0.3) is 5.78 Å². The van der Waals surface area contributed by atoms with Gasteiger partial charge in [-0.3, -0.25) is 4.68 Å². The Morgan fingerprint density at radius 2 is 2.03 bits per heavy atom. The van der Waals surface area contributed by atoms with Gasteiger partial charge >= 0.3 is 12.1 Å². The van der Waals surface area contributed by atoms with E-state index in [2.05, 4.69) is 25.1 Å². The van der Waals surface area contributed by atoms with Gasteiger partial charge in [0.1, 0.15) is 12.1 Å². The number of nitrogens with zero attached hydrogens (tertiary/aromatic N) is 7. The number of alkyl halides is 3. The van der Waals surface area contributed by atoms with Crippen LogP contribution < -0.4 is 4.90 Å². The molecular weight excluding hydrogens is 395 g/mol. The lowest BCUT2D eigenvalue weighted by molar-refractivity contribution is -0.192. The van der Waals surface area contributed by atoms with Crippen LogP contribution in [0.2, 0.25) is 0 Å². The molecule has 0 saturated heterocycles. The highest BCUT2D eigenvalue weighted by molar-refractivity contribution is 5.73. The average Bonchev–Trinajstić information content (AvgIpc) is 3.25. The number of carboxylic acid groups (broad SMARTS) is 1. The third-order valence-electron chi connectivity index (χ3n) is 4.22. The van der Waals surface area contributed by atoms with Gasteiger partial charge in [-0.15, -0.1) is 0 Å². The third kappa shape index (κ3) is 4.62. The van der Waals surface area contributed by atoms with Gasteiger partial charge in [-0.05, 0) is 13.0 Å². The Hall–Kier alpha value is -3.22. The fraction of sp³-hybridized carbons (Fsp3) is 0.438. The van der Waals surface area contributed by atoms with Crippen molar-refractivity contribution < 1.29 is 27.8 Å². The molecule has 13 heteroatoms. The summed E-state index contributed by atoms with van der Waals surface area (Å²) in [7, 11) is 1.74. The number of halogens is 3. The summed E-state index contributed by atoms with van der Waals surface area (Å²) in [6.07, 6.45) is -1.66. The maximum atomic E-state index is 10.6. The van der Waals surface area contributed by atoms with E-state index in [4.69, 9.17) is 14.6 Å². The Balaban J connectivity index is 0.000000298. The molecule has 1 aliphatic rings. The second-order valence-corrected chi connectivity index (χ2v) is 6.27. The maximum Gasteiger partial charge on any atom is 0.490 e. The molecule has 0 amide bonds. The van der Waals surface area contributed by atoms with Gasteiger partial charge in [0, 0.05) is 31.6 Å². The molecular formula is C16H18F3N7O3. The molecule has 1 aliphatic heterocycles. The summed E-state index contributed by atoms with van der Waals surface area (Å²) in [5.74, 6) is -1.18. The van der Waals surface area contributed by atoms with Gasteiger partial charge in [0.15, 0.2) is 0 Å². The van der Waals surface area contributed by atoms with E-state index in [9.17, 15) is 13.2 Å². The first-order chi connectivity index (χ1) is 13.7. The van der Waals surface area contributed by atoms with Crippen molar-refractivity contribution in [3.05, 3.63) is 36.0 Å². The zero-order valence-electron chi connectivity index (χ0n) is 15.5. The van der Waals surface area contributed by atoms with Gasteiger partial charge in [0.25, 0.3) is 5.78 Å². The Morgan fingerprint density at radius 3 is 2.69 bits per heavy atom. The molecule has 4 rings (SSSR count). The SMILES string of the molecule is COC1CN(c2cc(C)nc3ncnn23)Cc2ccnn2C1.O=C(O)C(F)(F)F. The largest absolute Gasteiger partial charge is 0.490 e. The van der Waals surface area contributed by atoms with Crippen molar-refractivity contribution in [1.29, 1.82) is 0 Å². The van der Waals surface area contributed by atoms with E-state index in [1.165, 1.54) is 6.33 Å². The summed E-state index contributed by atoms with van der Waals surface area (Å²) in [6, 6.07) is 4.07. The van der Waals surface area contributed by atoms with Gasteiger partial charge in [0.05, 0.1) is 24.9 Å². The van der Waals surface area contributed by atoms with Crippen molar-refractivity contribution in [2.75, 3.05) is 18.6 Å². The van der Waals surface area contributed by atoms with Crippen LogP contribution in [0.1, 0.15) is 11.4 Å². The summed E-state index contributed by atoms with van der Waals surface area (Å²) in [4.78, 5) is 19.7. The number of fused-ring (bicyclic) bond motifs is 2. The van der Waals surface area contributed by atoms with Crippen LogP contribution in [0.5, 0.6) is 0 Å². The molecule has 0 aromatic carbocycles. The summed E-state index contributed by atoms with van der Waals surface area (Å²) in [6.45, 7) is 4.23. The van der Waals surface area contributed by atoms with Gasteiger partial charge in [-0.1, -0.05) is 0 Å². The van der Waals surface area contributed by atoms with Crippen molar-refractivity contribution in [2.45, 2.75) is 32.3 Å². The minimum Gasteiger partial charge on any atom is -0.475 e. The van der Waals surface area contributed by atoms with Crippen LogP contribution in [-0.2, 0) is 22.6 Å². The van der Waals surface area contributed by atoms with E-state index in [1.54, 1.807) is 11.6 Å². The topological polar surface area (TPSA) is 111 Å².